The molecule has 2 N–H and O–H groups in total. The molecule has 0 spiro atoms. The van der Waals surface area contributed by atoms with Crippen molar-refractivity contribution >= 4 is 7.60 Å². The topological polar surface area (TPSA) is 79.3 Å². The largest absolute Gasteiger partial charge is 0.394 e. The van der Waals surface area contributed by atoms with Gasteiger partial charge in [-0.2, -0.15) is 0 Å². The summed E-state index contributed by atoms with van der Waals surface area (Å²) in [4.78, 5) is 9.05. The van der Waals surface area contributed by atoms with Crippen molar-refractivity contribution in [1.29, 1.82) is 0 Å². The summed E-state index contributed by atoms with van der Waals surface area (Å²) >= 11 is 0. The standard InChI is InChI=1S/C5H11O5P/c1-2-9-11(7,8)5-4(3-6)10-5/h4-6H,2-3H2,1H3,(H,7,8)/t4-,5+/m0/s1. The van der Waals surface area contributed by atoms with Gasteiger partial charge in [0.05, 0.1) is 13.2 Å². The third-order valence-electron chi connectivity index (χ3n) is 1.37. The van der Waals surface area contributed by atoms with Crippen molar-refractivity contribution in [2.45, 2.75) is 18.9 Å². The van der Waals surface area contributed by atoms with Crippen LogP contribution >= 0.6 is 7.60 Å². The van der Waals surface area contributed by atoms with E-state index in [4.69, 9.17) is 14.7 Å². The van der Waals surface area contributed by atoms with Gasteiger partial charge in [0.2, 0.25) is 0 Å². The van der Waals surface area contributed by atoms with Crippen molar-refractivity contribution in [1.82, 2.24) is 0 Å². The van der Waals surface area contributed by atoms with Gasteiger partial charge in [0.1, 0.15) is 6.10 Å². The average Bonchev–Trinajstić information content (AvgIpc) is 2.65. The minimum absolute atomic E-state index is 0.172. The first-order valence-corrected chi connectivity index (χ1v) is 5.00. The van der Waals surface area contributed by atoms with Crippen LogP contribution in [0.2, 0.25) is 0 Å². The van der Waals surface area contributed by atoms with E-state index < -0.39 is 19.5 Å². The first kappa shape index (κ1) is 9.16. The van der Waals surface area contributed by atoms with E-state index in [2.05, 4.69) is 4.52 Å². The lowest BCUT2D eigenvalue weighted by atomic mass is 10.5. The number of aliphatic hydroxyl groups is 1. The van der Waals surface area contributed by atoms with Crippen LogP contribution in [0.25, 0.3) is 0 Å². The highest BCUT2D eigenvalue weighted by Crippen LogP contribution is 2.56. The van der Waals surface area contributed by atoms with E-state index in [1.807, 2.05) is 0 Å². The molecular formula is C5H11O5P. The molecule has 0 radical (unpaired) electrons. The summed E-state index contributed by atoms with van der Waals surface area (Å²) < 4.78 is 20.3. The van der Waals surface area contributed by atoms with Crippen molar-refractivity contribution in [3.05, 3.63) is 0 Å². The van der Waals surface area contributed by atoms with Crippen molar-refractivity contribution in [3.8, 4) is 0 Å². The fourth-order valence-corrected chi connectivity index (χ4v) is 2.15. The van der Waals surface area contributed by atoms with Gasteiger partial charge in [-0.3, -0.25) is 4.57 Å². The maximum Gasteiger partial charge on any atom is 0.359 e. The van der Waals surface area contributed by atoms with E-state index in [1.165, 1.54) is 0 Å². The highest BCUT2D eigenvalue weighted by molar-refractivity contribution is 7.53. The lowest BCUT2D eigenvalue weighted by molar-refractivity contribution is 0.238. The number of hydrogen-bond donors (Lipinski definition) is 2. The molecule has 0 bridgehead atoms. The molecule has 3 atom stereocenters. The van der Waals surface area contributed by atoms with Crippen LogP contribution in [0, 0.1) is 0 Å². The quantitative estimate of drug-likeness (QED) is 0.469. The summed E-state index contributed by atoms with van der Waals surface area (Å²) in [6.45, 7) is 1.56. The SMILES string of the molecule is CCOP(=O)(O)[C@H]1O[C@H]1CO. The summed E-state index contributed by atoms with van der Waals surface area (Å²) in [5, 5.41) is 8.50. The van der Waals surface area contributed by atoms with E-state index in [-0.39, 0.29) is 13.2 Å². The summed E-state index contributed by atoms with van der Waals surface area (Å²) in [7, 11) is -3.61. The normalized spacial score (nSPS) is 34.8. The maximum atomic E-state index is 11.0. The van der Waals surface area contributed by atoms with Gasteiger partial charge in [-0.05, 0) is 6.92 Å². The third-order valence-corrected chi connectivity index (χ3v) is 3.10. The zero-order valence-electron chi connectivity index (χ0n) is 6.14. The Morgan fingerprint density at radius 3 is 2.73 bits per heavy atom. The fraction of sp³-hybridized carbons (Fsp3) is 1.00. The lowest BCUT2D eigenvalue weighted by Gasteiger charge is -2.06. The molecule has 0 aromatic rings. The molecule has 66 valence electrons. The zero-order chi connectivity index (χ0) is 8.48. The third kappa shape index (κ3) is 2.01. The lowest BCUT2D eigenvalue weighted by Crippen LogP contribution is -2.02. The molecule has 6 heteroatoms. The molecule has 1 rings (SSSR count). The number of rotatable bonds is 4. The molecule has 1 fully saturated rings. The number of aliphatic hydroxyl groups excluding tert-OH is 1. The Morgan fingerprint density at radius 2 is 2.36 bits per heavy atom. The van der Waals surface area contributed by atoms with E-state index in [0.717, 1.165) is 0 Å². The van der Waals surface area contributed by atoms with Gasteiger partial charge in [-0.1, -0.05) is 0 Å². The Kier molecular flexibility index (Phi) is 2.67. The van der Waals surface area contributed by atoms with Gasteiger partial charge in [0, 0.05) is 0 Å². The molecule has 1 aliphatic rings. The molecule has 0 aromatic carbocycles. The Bertz CT molecular complexity index is 182. The van der Waals surface area contributed by atoms with Gasteiger partial charge in [0.25, 0.3) is 0 Å². The van der Waals surface area contributed by atoms with Gasteiger partial charge in [-0.15, -0.1) is 0 Å². The van der Waals surface area contributed by atoms with E-state index in [0.29, 0.717) is 0 Å². The second-order valence-electron chi connectivity index (χ2n) is 2.23. The van der Waals surface area contributed by atoms with Crippen LogP contribution in [0.1, 0.15) is 6.92 Å². The predicted octanol–water partition coefficient (Wildman–Crippen LogP) is -0.0745. The summed E-state index contributed by atoms with van der Waals surface area (Å²) in [6, 6.07) is 0. The van der Waals surface area contributed by atoms with Gasteiger partial charge in [-0.25, -0.2) is 0 Å². The van der Waals surface area contributed by atoms with E-state index in [1.54, 1.807) is 6.92 Å². The summed E-state index contributed by atoms with van der Waals surface area (Å²) in [6.07, 6.45) is -0.516. The van der Waals surface area contributed by atoms with Crippen LogP contribution in [-0.2, 0) is 13.8 Å². The molecule has 0 aliphatic carbocycles. The van der Waals surface area contributed by atoms with Gasteiger partial charge in [0.15, 0.2) is 5.85 Å². The van der Waals surface area contributed by atoms with E-state index in [9.17, 15) is 4.57 Å². The summed E-state index contributed by atoms with van der Waals surface area (Å²) in [5.41, 5.74) is 0. The van der Waals surface area contributed by atoms with Crippen molar-refractivity contribution in [2.75, 3.05) is 13.2 Å². The number of epoxide rings is 1. The average molecular weight is 182 g/mol. The Hall–Kier alpha value is 0.0700. The number of hydrogen-bond acceptors (Lipinski definition) is 4. The minimum Gasteiger partial charge on any atom is -0.394 e. The van der Waals surface area contributed by atoms with Crippen molar-refractivity contribution in [2.24, 2.45) is 0 Å². The molecule has 0 amide bonds. The molecule has 1 heterocycles. The molecule has 1 aliphatic heterocycles. The zero-order valence-corrected chi connectivity index (χ0v) is 7.03. The number of ether oxygens (including phenoxy) is 1. The Labute approximate surface area is 64.5 Å². The predicted molar refractivity (Wildman–Crippen MR) is 37.2 cm³/mol. The first-order chi connectivity index (χ1) is 5.11. The molecule has 0 saturated carbocycles. The fourth-order valence-electron chi connectivity index (χ4n) is 0.812. The second kappa shape index (κ2) is 3.21. The van der Waals surface area contributed by atoms with Crippen LogP contribution in [0.4, 0.5) is 0 Å². The molecule has 5 nitrogen and oxygen atoms in total. The molecule has 0 aromatic heterocycles. The van der Waals surface area contributed by atoms with Gasteiger partial charge >= 0.3 is 7.60 Å². The van der Waals surface area contributed by atoms with Crippen molar-refractivity contribution < 1.29 is 23.8 Å². The highest BCUT2D eigenvalue weighted by Gasteiger charge is 2.52. The summed E-state index contributed by atoms with van der Waals surface area (Å²) in [5.74, 6) is -0.813. The Morgan fingerprint density at radius 1 is 1.73 bits per heavy atom. The maximum absolute atomic E-state index is 11.0. The molecule has 1 unspecified atom stereocenters. The van der Waals surface area contributed by atoms with E-state index >= 15 is 0 Å². The van der Waals surface area contributed by atoms with Crippen LogP contribution in [0.15, 0.2) is 0 Å². The molecular weight excluding hydrogens is 171 g/mol. The molecule has 1 saturated heterocycles. The monoisotopic (exact) mass is 182 g/mol. The van der Waals surface area contributed by atoms with Crippen LogP contribution in [0.3, 0.4) is 0 Å². The highest BCUT2D eigenvalue weighted by atomic mass is 31.2. The van der Waals surface area contributed by atoms with Crippen LogP contribution in [0.5, 0.6) is 0 Å². The van der Waals surface area contributed by atoms with Gasteiger partial charge < -0.3 is 19.3 Å². The first-order valence-electron chi connectivity index (χ1n) is 3.35. The van der Waals surface area contributed by atoms with Crippen LogP contribution in [-0.4, -0.2) is 35.2 Å². The second-order valence-corrected chi connectivity index (χ2v) is 4.12. The Balaban J connectivity index is 2.42. The smallest absolute Gasteiger partial charge is 0.359 e. The van der Waals surface area contributed by atoms with Crippen LogP contribution < -0.4 is 0 Å². The minimum atomic E-state index is -3.61. The van der Waals surface area contributed by atoms with Crippen molar-refractivity contribution in [3.63, 3.8) is 0 Å². The molecule has 11 heavy (non-hydrogen) atoms.